The van der Waals surface area contributed by atoms with E-state index in [1.165, 1.54) is 0 Å². The lowest BCUT2D eigenvalue weighted by atomic mass is 9.96. The quantitative estimate of drug-likeness (QED) is 0.657. The van der Waals surface area contributed by atoms with Crippen molar-refractivity contribution in [3.05, 3.63) is 77.9 Å². The van der Waals surface area contributed by atoms with Crippen molar-refractivity contribution in [3.8, 4) is 5.75 Å². The van der Waals surface area contributed by atoms with Crippen molar-refractivity contribution in [3.63, 3.8) is 0 Å². The molecule has 0 aliphatic rings. The summed E-state index contributed by atoms with van der Waals surface area (Å²) >= 11 is 0. The number of carbonyl (C=O) groups excluding carboxylic acids is 1. The Morgan fingerprint density at radius 2 is 1.68 bits per heavy atom. The molecule has 28 heavy (non-hydrogen) atoms. The second kappa shape index (κ2) is 8.57. The third-order valence-corrected chi connectivity index (χ3v) is 4.86. The van der Waals surface area contributed by atoms with E-state index in [0.717, 1.165) is 27.6 Å². The number of fused-ring (bicyclic) bond motifs is 1. The van der Waals surface area contributed by atoms with Crippen LogP contribution in [-0.2, 0) is 16.0 Å². The Labute approximate surface area is 164 Å². The average Bonchev–Trinajstić information content (AvgIpc) is 2.72. The van der Waals surface area contributed by atoms with Gasteiger partial charge in [-0.05, 0) is 41.0 Å². The van der Waals surface area contributed by atoms with E-state index in [9.17, 15) is 14.7 Å². The summed E-state index contributed by atoms with van der Waals surface area (Å²) in [6, 6.07) is 19.8. The van der Waals surface area contributed by atoms with E-state index in [4.69, 9.17) is 4.74 Å². The first-order valence-electron chi connectivity index (χ1n) is 9.12. The zero-order valence-electron chi connectivity index (χ0n) is 15.9. The summed E-state index contributed by atoms with van der Waals surface area (Å²) in [5.41, 5.74) is 1.70. The number of carbonyl (C=O) groups is 2. The molecule has 0 aliphatic heterocycles. The molecule has 5 nitrogen and oxygen atoms in total. The lowest BCUT2D eigenvalue weighted by Gasteiger charge is -2.18. The average molecular weight is 377 g/mol. The number of carboxylic acids is 1. The molecule has 0 spiro atoms. The largest absolute Gasteiger partial charge is 0.497 e. The Morgan fingerprint density at radius 1 is 1.00 bits per heavy atom. The van der Waals surface area contributed by atoms with Gasteiger partial charge in [-0.2, -0.15) is 0 Å². The van der Waals surface area contributed by atoms with Crippen LogP contribution >= 0.6 is 0 Å². The van der Waals surface area contributed by atoms with Crippen molar-refractivity contribution in [1.82, 2.24) is 5.32 Å². The molecular formula is C23H23NO4. The number of ether oxygens (including phenoxy) is 1. The van der Waals surface area contributed by atoms with Crippen molar-refractivity contribution in [2.75, 3.05) is 7.11 Å². The van der Waals surface area contributed by atoms with E-state index < -0.39 is 17.9 Å². The van der Waals surface area contributed by atoms with Crippen LogP contribution in [0.1, 0.15) is 24.0 Å². The Morgan fingerprint density at radius 3 is 2.36 bits per heavy atom. The van der Waals surface area contributed by atoms with Crippen molar-refractivity contribution >= 4 is 22.6 Å². The van der Waals surface area contributed by atoms with Gasteiger partial charge in [0, 0.05) is 6.42 Å². The van der Waals surface area contributed by atoms with Gasteiger partial charge in [0.1, 0.15) is 11.8 Å². The third-order valence-electron chi connectivity index (χ3n) is 4.86. The van der Waals surface area contributed by atoms with E-state index in [2.05, 4.69) is 5.32 Å². The Balaban J connectivity index is 1.75. The maximum absolute atomic E-state index is 12.7. The van der Waals surface area contributed by atoms with Crippen LogP contribution in [0.15, 0.2) is 66.7 Å². The van der Waals surface area contributed by atoms with Gasteiger partial charge in [0.15, 0.2) is 0 Å². The lowest BCUT2D eigenvalue weighted by molar-refractivity contribution is -0.141. The number of hydrogen-bond acceptors (Lipinski definition) is 3. The van der Waals surface area contributed by atoms with Gasteiger partial charge in [0.05, 0.1) is 13.0 Å². The highest BCUT2D eigenvalue weighted by Crippen LogP contribution is 2.25. The van der Waals surface area contributed by atoms with E-state index in [1.807, 2.05) is 66.7 Å². The first-order valence-corrected chi connectivity index (χ1v) is 9.12. The maximum atomic E-state index is 12.7. The summed E-state index contributed by atoms with van der Waals surface area (Å²) < 4.78 is 5.23. The lowest BCUT2D eigenvalue weighted by Crippen LogP contribution is -2.44. The number of carboxylic acid groups (broad SMARTS) is 1. The van der Waals surface area contributed by atoms with Gasteiger partial charge in [0.2, 0.25) is 5.91 Å². The molecule has 1 amide bonds. The molecule has 3 aromatic rings. The second-order valence-electron chi connectivity index (χ2n) is 6.78. The van der Waals surface area contributed by atoms with E-state index in [0.29, 0.717) is 0 Å². The number of methoxy groups -OCH3 is 1. The molecule has 1 unspecified atom stereocenters. The fourth-order valence-electron chi connectivity index (χ4n) is 3.14. The molecular weight excluding hydrogens is 354 g/mol. The Hall–Kier alpha value is -3.34. The molecule has 5 heteroatoms. The number of nitrogens with one attached hydrogen (secondary N) is 1. The van der Waals surface area contributed by atoms with Crippen LogP contribution in [0, 0.1) is 0 Å². The van der Waals surface area contributed by atoms with Gasteiger partial charge < -0.3 is 15.2 Å². The van der Waals surface area contributed by atoms with Crippen LogP contribution in [0.4, 0.5) is 0 Å². The number of amides is 1. The van der Waals surface area contributed by atoms with Crippen molar-refractivity contribution in [1.29, 1.82) is 0 Å². The first-order chi connectivity index (χ1) is 13.5. The smallest absolute Gasteiger partial charge is 0.326 e. The van der Waals surface area contributed by atoms with Gasteiger partial charge in [0.25, 0.3) is 0 Å². The monoisotopic (exact) mass is 377 g/mol. The van der Waals surface area contributed by atoms with Crippen LogP contribution in [0.25, 0.3) is 10.8 Å². The summed E-state index contributed by atoms with van der Waals surface area (Å²) in [4.78, 5) is 24.3. The first kappa shape index (κ1) is 19.4. The van der Waals surface area contributed by atoms with Crippen molar-refractivity contribution < 1.29 is 19.4 Å². The standard InChI is InChI=1S/C23H23NO4/c1-15(17-8-9-19-14-20(28-2)11-10-18(19)13-17)22(25)24-21(23(26)27)12-16-6-4-3-5-7-16/h3-11,13-15,21H,12H2,1-2H3,(H,24,25)(H,26,27)/t15?,21-/m0/s1. The van der Waals surface area contributed by atoms with Crippen LogP contribution < -0.4 is 10.1 Å². The van der Waals surface area contributed by atoms with Crippen LogP contribution in [-0.4, -0.2) is 30.1 Å². The van der Waals surface area contributed by atoms with Gasteiger partial charge in [-0.1, -0.05) is 54.6 Å². The Bertz CT molecular complexity index is 984. The number of aliphatic carboxylic acids is 1. The van der Waals surface area contributed by atoms with Crippen molar-refractivity contribution in [2.45, 2.75) is 25.3 Å². The fourth-order valence-corrected chi connectivity index (χ4v) is 3.14. The highest BCUT2D eigenvalue weighted by Gasteiger charge is 2.24. The van der Waals surface area contributed by atoms with E-state index in [1.54, 1.807) is 14.0 Å². The molecule has 2 N–H and O–H groups in total. The molecule has 0 bridgehead atoms. The van der Waals surface area contributed by atoms with Crippen molar-refractivity contribution in [2.24, 2.45) is 0 Å². The predicted octanol–water partition coefficient (Wildman–Crippen LogP) is 3.76. The molecule has 3 rings (SSSR count). The molecule has 3 aromatic carbocycles. The van der Waals surface area contributed by atoms with Gasteiger partial charge in [-0.15, -0.1) is 0 Å². The summed E-state index contributed by atoms with van der Waals surface area (Å²) in [5.74, 6) is -1.05. The SMILES string of the molecule is COc1ccc2cc(C(C)C(=O)N[C@@H](Cc3ccccc3)C(=O)O)ccc2c1. The molecule has 0 aliphatic carbocycles. The van der Waals surface area contributed by atoms with Gasteiger partial charge in [-0.25, -0.2) is 4.79 Å². The fraction of sp³-hybridized carbons (Fsp3) is 0.217. The second-order valence-corrected chi connectivity index (χ2v) is 6.78. The summed E-state index contributed by atoms with van der Waals surface area (Å²) in [6.07, 6.45) is 0.242. The number of benzene rings is 3. The van der Waals surface area contributed by atoms with E-state index in [-0.39, 0.29) is 12.3 Å². The van der Waals surface area contributed by atoms with Crippen LogP contribution in [0.5, 0.6) is 5.75 Å². The predicted molar refractivity (Wildman–Crippen MR) is 109 cm³/mol. The number of rotatable bonds is 7. The summed E-state index contributed by atoms with van der Waals surface area (Å²) in [6.45, 7) is 1.78. The van der Waals surface area contributed by atoms with Gasteiger partial charge in [-0.3, -0.25) is 4.79 Å². The minimum Gasteiger partial charge on any atom is -0.497 e. The zero-order chi connectivity index (χ0) is 20.1. The molecule has 0 saturated carbocycles. The molecule has 0 heterocycles. The zero-order valence-corrected chi connectivity index (χ0v) is 15.9. The van der Waals surface area contributed by atoms with E-state index >= 15 is 0 Å². The molecule has 2 atom stereocenters. The topological polar surface area (TPSA) is 75.6 Å². The number of hydrogen-bond donors (Lipinski definition) is 2. The molecule has 0 radical (unpaired) electrons. The molecule has 0 saturated heterocycles. The maximum Gasteiger partial charge on any atom is 0.326 e. The van der Waals surface area contributed by atoms with Gasteiger partial charge >= 0.3 is 5.97 Å². The Kier molecular flexibility index (Phi) is 5.94. The third kappa shape index (κ3) is 4.49. The minimum absolute atomic E-state index is 0.242. The summed E-state index contributed by atoms with van der Waals surface area (Å²) in [5, 5.41) is 14.2. The molecule has 0 aromatic heterocycles. The highest BCUT2D eigenvalue weighted by molar-refractivity contribution is 5.90. The molecule has 0 fully saturated rings. The van der Waals surface area contributed by atoms with Crippen LogP contribution in [0.2, 0.25) is 0 Å². The van der Waals surface area contributed by atoms with Crippen LogP contribution in [0.3, 0.4) is 0 Å². The molecule has 144 valence electrons. The highest BCUT2D eigenvalue weighted by atomic mass is 16.5. The summed E-state index contributed by atoms with van der Waals surface area (Å²) in [7, 11) is 1.62. The normalized spacial score (nSPS) is 12.9. The minimum atomic E-state index is -1.05.